The van der Waals surface area contributed by atoms with E-state index in [4.69, 9.17) is 34.4 Å². The van der Waals surface area contributed by atoms with Crippen LogP contribution in [0, 0.1) is 17.8 Å². The maximum Gasteiger partial charge on any atom is 0.315 e. The first-order chi connectivity index (χ1) is 7.33. The SMILES string of the molecule is C#CCNC(=O)COC(=O)[C@@]1(C)CC1(Cl)Cl. The van der Waals surface area contributed by atoms with Gasteiger partial charge in [-0.25, -0.2) is 0 Å². The zero-order valence-corrected chi connectivity index (χ0v) is 10.2. The molecule has 1 saturated carbocycles. The molecule has 0 saturated heterocycles. The van der Waals surface area contributed by atoms with E-state index < -0.39 is 21.6 Å². The number of esters is 1. The number of hydrogen-bond donors (Lipinski definition) is 1. The summed E-state index contributed by atoms with van der Waals surface area (Å²) < 4.78 is 3.69. The molecule has 1 fully saturated rings. The lowest BCUT2D eigenvalue weighted by Gasteiger charge is -2.11. The number of ether oxygens (including phenoxy) is 1. The number of alkyl halides is 2. The number of amides is 1. The third-order valence-corrected chi connectivity index (χ3v) is 3.53. The van der Waals surface area contributed by atoms with Crippen molar-refractivity contribution >= 4 is 35.1 Å². The van der Waals surface area contributed by atoms with E-state index in [0.29, 0.717) is 6.42 Å². The summed E-state index contributed by atoms with van der Waals surface area (Å²) in [5, 5.41) is 2.36. The highest BCUT2D eigenvalue weighted by Crippen LogP contribution is 2.64. The lowest BCUT2D eigenvalue weighted by atomic mass is 10.1. The normalized spacial score (nSPS) is 25.4. The Kier molecular flexibility index (Phi) is 3.72. The smallest absolute Gasteiger partial charge is 0.315 e. The summed E-state index contributed by atoms with van der Waals surface area (Å²) in [4.78, 5) is 22.6. The molecule has 6 heteroatoms. The molecule has 0 bridgehead atoms. The largest absolute Gasteiger partial charge is 0.455 e. The van der Waals surface area contributed by atoms with Crippen molar-refractivity contribution < 1.29 is 14.3 Å². The predicted molar refractivity (Wildman–Crippen MR) is 60.0 cm³/mol. The fourth-order valence-corrected chi connectivity index (χ4v) is 1.80. The Bertz CT molecular complexity index is 362. The van der Waals surface area contributed by atoms with Crippen molar-refractivity contribution in [2.45, 2.75) is 17.7 Å². The molecular formula is C10H11Cl2NO3. The summed E-state index contributed by atoms with van der Waals surface area (Å²) in [6.45, 7) is 1.32. The molecule has 1 aliphatic rings. The Morgan fingerprint density at radius 1 is 1.56 bits per heavy atom. The van der Waals surface area contributed by atoms with Crippen LogP contribution in [0.4, 0.5) is 0 Å². The molecule has 0 spiro atoms. The topological polar surface area (TPSA) is 55.4 Å². The van der Waals surface area contributed by atoms with Crippen molar-refractivity contribution in [3.63, 3.8) is 0 Å². The number of nitrogens with one attached hydrogen (secondary N) is 1. The van der Waals surface area contributed by atoms with Crippen LogP contribution in [0.25, 0.3) is 0 Å². The van der Waals surface area contributed by atoms with Gasteiger partial charge in [-0.1, -0.05) is 5.92 Å². The number of terminal acetylenes is 1. The summed E-state index contributed by atoms with van der Waals surface area (Å²) in [7, 11) is 0. The average Bonchev–Trinajstić information content (AvgIpc) is 2.73. The van der Waals surface area contributed by atoms with E-state index in [2.05, 4.69) is 11.2 Å². The van der Waals surface area contributed by atoms with Crippen molar-refractivity contribution in [2.24, 2.45) is 5.41 Å². The zero-order valence-electron chi connectivity index (χ0n) is 8.68. The van der Waals surface area contributed by atoms with E-state index in [9.17, 15) is 9.59 Å². The Morgan fingerprint density at radius 2 is 2.12 bits per heavy atom. The summed E-state index contributed by atoms with van der Waals surface area (Å²) in [6.07, 6.45) is 5.27. The molecule has 0 heterocycles. The van der Waals surface area contributed by atoms with Gasteiger partial charge in [-0.2, -0.15) is 0 Å². The first kappa shape index (κ1) is 13.1. The number of rotatable bonds is 4. The van der Waals surface area contributed by atoms with Crippen LogP contribution < -0.4 is 5.32 Å². The number of hydrogen-bond acceptors (Lipinski definition) is 3. The van der Waals surface area contributed by atoms with Crippen LogP contribution in [0.5, 0.6) is 0 Å². The zero-order chi connectivity index (χ0) is 12.4. The summed E-state index contributed by atoms with van der Waals surface area (Å²) in [5.41, 5.74) is -0.914. The maximum atomic E-state index is 11.5. The molecule has 16 heavy (non-hydrogen) atoms. The van der Waals surface area contributed by atoms with Crippen LogP contribution in [0.3, 0.4) is 0 Å². The quantitative estimate of drug-likeness (QED) is 0.465. The minimum absolute atomic E-state index is 0.0998. The molecule has 88 valence electrons. The van der Waals surface area contributed by atoms with Gasteiger partial charge >= 0.3 is 5.97 Å². The van der Waals surface area contributed by atoms with Crippen LogP contribution in [0.1, 0.15) is 13.3 Å². The lowest BCUT2D eigenvalue weighted by Crippen LogP contribution is -2.31. The second-order valence-corrected chi connectivity index (χ2v) is 5.25. The number of carbonyl (C=O) groups excluding carboxylic acids is 2. The highest BCUT2D eigenvalue weighted by molar-refractivity contribution is 6.53. The molecule has 0 aromatic carbocycles. The molecule has 1 atom stereocenters. The van der Waals surface area contributed by atoms with E-state index in [1.54, 1.807) is 6.92 Å². The van der Waals surface area contributed by atoms with Crippen molar-refractivity contribution in [2.75, 3.05) is 13.2 Å². The number of carbonyl (C=O) groups is 2. The second-order valence-electron chi connectivity index (χ2n) is 3.77. The first-order valence-electron chi connectivity index (χ1n) is 4.59. The predicted octanol–water partition coefficient (Wildman–Crippen LogP) is 0.863. The standard InChI is InChI=1S/C10H11Cl2NO3/c1-3-4-13-7(14)5-16-8(15)9(2)6-10(9,11)12/h1H,4-6H2,2H3,(H,13,14)/t9-/m1/s1. The summed E-state index contributed by atoms with van der Waals surface area (Å²) in [6, 6.07) is 0. The van der Waals surface area contributed by atoms with Gasteiger partial charge in [0.1, 0.15) is 9.75 Å². The van der Waals surface area contributed by atoms with Gasteiger partial charge < -0.3 is 10.1 Å². The van der Waals surface area contributed by atoms with Crippen LogP contribution in [-0.2, 0) is 14.3 Å². The Morgan fingerprint density at radius 3 is 2.56 bits per heavy atom. The van der Waals surface area contributed by atoms with E-state index in [-0.39, 0.29) is 13.2 Å². The van der Waals surface area contributed by atoms with Gasteiger partial charge in [-0.05, 0) is 6.92 Å². The highest BCUT2D eigenvalue weighted by atomic mass is 35.5. The lowest BCUT2D eigenvalue weighted by molar-refractivity contribution is -0.153. The maximum absolute atomic E-state index is 11.5. The van der Waals surface area contributed by atoms with Crippen molar-refractivity contribution in [3.05, 3.63) is 0 Å². The summed E-state index contributed by atoms with van der Waals surface area (Å²) >= 11 is 11.6. The van der Waals surface area contributed by atoms with E-state index in [1.165, 1.54) is 0 Å². The molecule has 0 radical (unpaired) electrons. The molecule has 0 aliphatic heterocycles. The van der Waals surface area contributed by atoms with E-state index in [0.717, 1.165) is 0 Å². The number of halogens is 2. The van der Waals surface area contributed by atoms with Gasteiger partial charge in [0.15, 0.2) is 6.61 Å². The van der Waals surface area contributed by atoms with Gasteiger partial charge in [0, 0.05) is 6.42 Å². The minimum Gasteiger partial charge on any atom is -0.455 e. The van der Waals surface area contributed by atoms with Gasteiger partial charge in [0.05, 0.1) is 6.54 Å². The Labute approximate surface area is 104 Å². The molecule has 4 nitrogen and oxygen atoms in total. The summed E-state index contributed by atoms with van der Waals surface area (Å²) in [5.74, 6) is 1.20. The molecule has 0 aromatic heterocycles. The first-order valence-corrected chi connectivity index (χ1v) is 5.34. The van der Waals surface area contributed by atoms with Crippen LogP contribution in [-0.4, -0.2) is 29.4 Å². The van der Waals surface area contributed by atoms with Gasteiger partial charge in [-0.15, -0.1) is 29.6 Å². The fourth-order valence-electron chi connectivity index (χ4n) is 1.11. The molecule has 0 unspecified atom stereocenters. The van der Waals surface area contributed by atoms with Gasteiger partial charge in [0.2, 0.25) is 0 Å². The average molecular weight is 264 g/mol. The molecule has 1 N–H and O–H groups in total. The molecule has 0 aromatic rings. The van der Waals surface area contributed by atoms with Gasteiger partial charge in [-0.3, -0.25) is 9.59 Å². The molecule has 1 rings (SSSR count). The Balaban J connectivity index is 2.33. The van der Waals surface area contributed by atoms with Crippen LogP contribution in [0.15, 0.2) is 0 Å². The fraction of sp³-hybridized carbons (Fsp3) is 0.600. The Hall–Kier alpha value is -0.920. The molecular weight excluding hydrogens is 253 g/mol. The van der Waals surface area contributed by atoms with Gasteiger partial charge in [0.25, 0.3) is 5.91 Å². The van der Waals surface area contributed by atoms with Crippen LogP contribution in [0.2, 0.25) is 0 Å². The molecule has 1 amide bonds. The van der Waals surface area contributed by atoms with E-state index >= 15 is 0 Å². The minimum atomic E-state index is -1.08. The van der Waals surface area contributed by atoms with Crippen molar-refractivity contribution in [1.82, 2.24) is 5.32 Å². The van der Waals surface area contributed by atoms with E-state index in [1.807, 2.05) is 0 Å². The molecule has 1 aliphatic carbocycles. The third kappa shape index (κ3) is 2.60. The monoisotopic (exact) mass is 263 g/mol. The second kappa shape index (κ2) is 4.52. The van der Waals surface area contributed by atoms with Crippen molar-refractivity contribution in [1.29, 1.82) is 0 Å². The third-order valence-electron chi connectivity index (χ3n) is 2.43. The van der Waals surface area contributed by atoms with Crippen LogP contribution >= 0.6 is 23.2 Å². The van der Waals surface area contributed by atoms with Crippen molar-refractivity contribution in [3.8, 4) is 12.3 Å². The highest BCUT2D eigenvalue weighted by Gasteiger charge is 2.69.